The molecular formula is C57H35N3. The highest BCUT2D eigenvalue weighted by molar-refractivity contribution is 6.11. The summed E-state index contributed by atoms with van der Waals surface area (Å²) in [5.41, 5.74) is 19.6. The van der Waals surface area contributed by atoms with Gasteiger partial charge in [-0.2, -0.15) is 0 Å². The highest BCUT2D eigenvalue weighted by Gasteiger charge is 2.52. The van der Waals surface area contributed by atoms with Gasteiger partial charge in [-0.05, 0) is 98.1 Å². The molecule has 60 heavy (non-hydrogen) atoms. The van der Waals surface area contributed by atoms with Gasteiger partial charge in [-0.3, -0.25) is 0 Å². The third-order valence-corrected chi connectivity index (χ3v) is 13.0. The molecule has 0 bridgehead atoms. The normalized spacial score (nSPS) is 13.1. The Hall–Kier alpha value is -7.88. The molecule has 0 aliphatic heterocycles. The van der Waals surface area contributed by atoms with Crippen LogP contribution in [0.15, 0.2) is 212 Å². The Balaban J connectivity index is 1.09. The largest absolute Gasteiger partial charge is 0.309 e. The van der Waals surface area contributed by atoms with Crippen LogP contribution in [0.2, 0.25) is 0 Å². The van der Waals surface area contributed by atoms with E-state index in [-0.39, 0.29) is 0 Å². The van der Waals surface area contributed by atoms with Gasteiger partial charge in [-0.1, -0.05) is 170 Å². The first-order valence-electron chi connectivity index (χ1n) is 20.7. The van der Waals surface area contributed by atoms with Crippen LogP contribution in [0.3, 0.4) is 0 Å². The lowest BCUT2D eigenvalue weighted by atomic mass is 9.70. The molecule has 2 aliphatic carbocycles. The van der Waals surface area contributed by atoms with Gasteiger partial charge in [0, 0.05) is 33.0 Å². The van der Waals surface area contributed by atoms with Gasteiger partial charge in [0.25, 0.3) is 0 Å². The second-order valence-electron chi connectivity index (χ2n) is 16.0. The molecule has 0 saturated carbocycles. The molecule has 278 valence electrons. The Morgan fingerprint density at radius 3 is 1.73 bits per heavy atom. The molecule has 3 heteroatoms. The van der Waals surface area contributed by atoms with Crippen molar-refractivity contribution >= 4 is 32.7 Å². The van der Waals surface area contributed by atoms with Gasteiger partial charge in [-0.25, -0.2) is 9.97 Å². The average Bonchev–Trinajstić information content (AvgIpc) is 3.93. The van der Waals surface area contributed by atoms with Crippen LogP contribution in [0, 0.1) is 0 Å². The van der Waals surface area contributed by atoms with Gasteiger partial charge in [0.05, 0.1) is 27.7 Å². The molecule has 0 amide bonds. The standard InChI is InChI=1S/C57H35N3/c1-3-16-36(17-4-1)55-43-23-9-13-28-51(43)58-56(59-55)44-24-15-27-50-54(44)46-35-37(30-32-49(46)57(50)47-25-11-7-20-40(47)41-21-8-12-26-48(41)57)38-31-33-53-45(34-38)42-22-10-14-29-52(42)60(53)39-18-5-2-6-19-39/h1-35H. The van der Waals surface area contributed by atoms with Gasteiger partial charge < -0.3 is 4.57 Å². The van der Waals surface area contributed by atoms with Crippen molar-refractivity contribution in [3.63, 3.8) is 0 Å². The fourth-order valence-corrected chi connectivity index (χ4v) is 10.6. The Morgan fingerprint density at radius 1 is 0.350 bits per heavy atom. The van der Waals surface area contributed by atoms with Crippen molar-refractivity contribution in [2.24, 2.45) is 0 Å². The van der Waals surface area contributed by atoms with E-state index >= 15 is 0 Å². The van der Waals surface area contributed by atoms with Crippen molar-refractivity contribution in [2.45, 2.75) is 5.41 Å². The van der Waals surface area contributed by atoms with Crippen LogP contribution >= 0.6 is 0 Å². The van der Waals surface area contributed by atoms with Crippen molar-refractivity contribution in [3.8, 4) is 61.7 Å². The lowest BCUT2D eigenvalue weighted by molar-refractivity contribution is 0.794. The zero-order valence-corrected chi connectivity index (χ0v) is 32.5. The Labute approximate surface area is 347 Å². The molecule has 1 spiro atoms. The first-order chi connectivity index (χ1) is 29.8. The third kappa shape index (κ3) is 4.49. The average molecular weight is 762 g/mol. The molecule has 0 N–H and O–H groups in total. The predicted molar refractivity (Wildman–Crippen MR) is 246 cm³/mol. The van der Waals surface area contributed by atoms with Crippen molar-refractivity contribution < 1.29 is 0 Å². The molecule has 0 fully saturated rings. The number of fused-ring (bicyclic) bond motifs is 14. The van der Waals surface area contributed by atoms with Crippen molar-refractivity contribution in [3.05, 3.63) is 235 Å². The summed E-state index contributed by atoms with van der Waals surface area (Å²) in [5.74, 6) is 0.729. The summed E-state index contributed by atoms with van der Waals surface area (Å²) in [6.45, 7) is 0. The minimum atomic E-state index is -0.501. The van der Waals surface area contributed by atoms with Crippen molar-refractivity contribution in [2.75, 3.05) is 0 Å². The van der Waals surface area contributed by atoms with Crippen LogP contribution in [0.25, 0.3) is 94.4 Å². The smallest absolute Gasteiger partial charge is 0.161 e. The van der Waals surface area contributed by atoms with Crippen LogP contribution in [-0.4, -0.2) is 14.5 Å². The van der Waals surface area contributed by atoms with E-state index in [4.69, 9.17) is 9.97 Å². The lowest BCUT2D eigenvalue weighted by Crippen LogP contribution is -2.25. The Bertz CT molecular complexity index is 3500. The number of aromatic nitrogens is 3. The van der Waals surface area contributed by atoms with Crippen LogP contribution in [0.5, 0.6) is 0 Å². The molecule has 2 aromatic heterocycles. The quantitative estimate of drug-likeness (QED) is 0.179. The minimum Gasteiger partial charge on any atom is -0.309 e. The molecule has 11 aromatic rings. The highest BCUT2D eigenvalue weighted by atomic mass is 15.0. The number of rotatable bonds is 4. The van der Waals surface area contributed by atoms with E-state index in [1.165, 1.54) is 77.4 Å². The molecular weight excluding hydrogens is 727 g/mol. The fraction of sp³-hybridized carbons (Fsp3) is 0.0175. The van der Waals surface area contributed by atoms with E-state index in [1.54, 1.807) is 0 Å². The SMILES string of the molecule is c1ccc(-c2nc(-c3cccc4c3-c3cc(-c5ccc6c(c5)c5ccccc5n6-c5ccccc5)ccc3C43c4ccccc4-c4ccccc43)nc3ccccc23)cc1. The van der Waals surface area contributed by atoms with E-state index in [0.717, 1.165) is 39.2 Å². The number of nitrogens with zero attached hydrogens (tertiary/aromatic N) is 3. The summed E-state index contributed by atoms with van der Waals surface area (Å²) < 4.78 is 2.38. The zero-order valence-electron chi connectivity index (χ0n) is 32.5. The summed E-state index contributed by atoms with van der Waals surface area (Å²) in [6.07, 6.45) is 0. The van der Waals surface area contributed by atoms with Gasteiger partial charge in [0.15, 0.2) is 5.82 Å². The molecule has 9 aromatic carbocycles. The number of hydrogen-bond acceptors (Lipinski definition) is 2. The molecule has 2 heterocycles. The highest BCUT2D eigenvalue weighted by Crippen LogP contribution is 2.64. The van der Waals surface area contributed by atoms with E-state index in [0.29, 0.717) is 0 Å². The van der Waals surface area contributed by atoms with E-state index in [1.807, 2.05) is 0 Å². The summed E-state index contributed by atoms with van der Waals surface area (Å²) in [7, 11) is 0. The zero-order chi connectivity index (χ0) is 39.4. The monoisotopic (exact) mass is 761 g/mol. The number of para-hydroxylation sites is 3. The van der Waals surface area contributed by atoms with Crippen molar-refractivity contribution in [1.29, 1.82) is 0 Å². The van der Waals surface area contributed by atoms with Crippen molar-refractivity contribution in [1.82, 2.24) is 14.5 Å². The maximum Gasteiger partial charge on any atom is 0.161 e. The second kappa shape index (κ2) is 12.6. The summed E-state index contributed by atoms with van der Waals surface area (Å²) in [5, 5.41) is 3.52. The van der Waals surface area contributed by atoms with Gasteiger partial charge in [-0.15, -0.1) is 0 Å². The summed E-state index contributed by atoms with van der Waals surface area (Å²) in [4.78, 5) is 10.8. The number of hydrogen-bond donors (Lipinski definition) is 0. The van der Waals surface area contributed by atoms with E-state index < -0.39 is 5.41 Å². The molecule has 0 unspecified atom stereocenters. The van der Waals surface area contributed by atoms with Crippen LogP contribution in [-0.2, 0) is 5.41 Å². The van der Waals surface area contributed by atoms with Gasteiger partial charge in [0.1, 0.15) is 0 Å². The molecule has 0 radical (unpaired) electrons. The molecule has 0 saturated heterocycles. The van der Waals surface area contributed by atoms with Crippen LogP contribution in [0.4, 0.5) is 0 Å². The first-order valence-corrected chi connectivity index (χ1v) is 20.7. The third-order valence-electron chi connectivity index (χ3n) is 13.0. The maximum atomic E-state index is 5.45. The molecule has 3 nitrogen and oxygen atoms in total. The number of benzene rings is 9. The molecule has 0 atom stereocenters. The lowest BCUT2D eigenvalue weighted by Gasteiger charge is -2.30. The summed E-state index contributed by atoms with van der Waals surface area (Å²) >= 11 is 0. The molecule has 2 aliphatic rings. The molecule has 13 rings (SSSR count). The van der Waals surface area contributed by atoms with Gasteiger partial charge in [0.2, 0.25) is 0 Å². The topological polar surface area (TPSA) is 30.7 Å². The summed E-state index contributed by atoms with van der Waals surface area (Å²) in [6, 6.07) is 77.3. The second-order valence-corrected chi connectivity index (χ2v) is 16.0. The predicted octanol–water partition coefficient (Wildman–Crippen LogP) is 14.1. The van der Waals surface area contributed by atoms with Crippen LogP contribution < -0.4 is 0 Å². The van der Waals surface area contributed by atoms with Gasteiger partial charge >= 0.3 is 0 Å². The van der Waals surface area contributed by atoms with E-state index in [9.17, 15) is 0 Å². The minimum absolute atomic E-state index is 0.501. The first kappa shape index (κ1) is 33.1. The Morgan fingerprint density at radius 2 is 0.933 bits per heavy atom. The fourth-order valence-electron chi connectivity index (χ4n) is 10.6. The Kier molecular flexibility index (Phi) is 6.93. The van der Waals surface area contributed by atoms with E-state index in [2.05, 4.69) is 217 Å². The van der Waals surface area contributed by atoms with Crippen LogP contribution in [0.1, 0.15) is 22.3 Å². The maximum absolute atomic E-state index is 5.45.